The number of carbonyl (C=O) groups is 1. The molecule has 14 heavy (non-hydrogen) atoms. The van der Waals surface area contributed by atoms with E-state index in [1.54, 1.807) is 18.2 Å². The molecule has 0 amide bonds. The Balaban J connectivity index is 0.000000980. The van der Waals surface area contributed by atoms with E-state index in [0.717, 1.165) is 12.1 Å². The fourth-order valence-corrected chi connectivity index (χ4v) is 1.61. The summed E-state index contributed by atoms with van der Waals surface area (Å²) in [5.41, 5.74) is 0.850. The summed E-state index contributed by atoms with van der Waals surface area (Å²) >= 11 is 0. The lowest BCUT2D eigenvalue weighted by molar-refractivity contribution is -0.118. The summed E-state index contributed by atoms with van der Waals surface area (Å²) in [5.74, 6) is 0.407. The van der Waals surface area contributed by atoms with Gasteiger partial charge in [-0.1, -0.05) is 12.1 Å². The van der Waals surface area contributed by atoms with Crippen molar-refractivity contribution in [3.8, 4) is 5.75 Å². The van der Waals surface area contributed by atoms with Crippen LogP contribution in [0.3, 0.4) is 0 Å². The molecule has 0 radical (unpaired) electrons. The molecule has 1 heterocycles. The highest BCUT2D eigenvalue weighted by Crippen LogP contribution is 2.22. The summed E-state index contributed by atoms with van der Waals surface area (Å²) in [5, 5.41) is 12.3. The molecule has 0 spiro atoms. The second-order valence-electron chi connectivity index (χ2n) is 3.20. The topological polar surface area (TPSA) is 49.3 Å². The van der Waals surface area contributed by atoms with E-state index in [9.17, 15) is 9.90 Å². The number of Topliss-reactive ketones (excluding diaryl/α,β-unsaturated/α-hetero) is 1. The highest BCUT2D eigenvalue weighted by atomic mass is 35.5. The van der Waals surface area contributed by atoms with Crippen LogP contribution in [0.4, 0.5) is 0 Å². The van der Waals surface area contributed by atoms with Crippen molar-refractivity contribution >= 4 is 18.2 Å². The summed E-state index contributed by atoms with van der Waals surface area (Å²) in [6, 6.07) is 6.61. The molecule has 1 aliphatic rings. The number of aromatic hydroxyl groups is 1. The summed E-state index contributed by atoms with van der Waals surface area (Å²) in [6.45, 7) is 0.735. The van der Waals surface area contributed by atoms with Crippen LogP contribution in [0.5, 0.6) is 5.75 Å². The van der Waals surface area contributed by atoms with Crippen LogP contribution < -0.4 is 5.32 Å². The van der Waals surface area contributed by atoms with Crippen molar-refractivity contribution in [3.63, 3.8) is 0 Å². The largest absolute Gasteiger partial charge is 0.508 e. The molecule has 2 rings (SSSR count). The van der Waals surface area contributed by atoms with E-state index in [1.807, 2.05) is 6.07 Å². The average Bonchev–Trinajstić information content (AvgIpc) is 2.51. The Morgan fingerprint density at radius 2 is 2.21 bits per heavy atom. The Morgan fingerprint density at radius 1 is 1.43 bits per heavy atom. The first-order valence-corrected chi connectivity index (χ1v) is 4.32. The molecular formula is C10H12ClNO2. The zero-order valence-corrected chi connectivity index (χ0v) is 8.38. The molecule has 1 aromatic carbocycles. The van der Waals surface area contributed by atoms with Crippen molar-refractivity contribution in [1.29, 1.82) is 0 Å². The number of phenols is 1. The summed E-state index contributed by atoms with van der Waals surface area (Å²) in [6.07, 6.45) is 0.584. The number of ketones is 1. The van der Waals surface area contributed by atoms with Crippen molar-refractivity contribution in [2.24, 2.45) is 0 Å². The number of carbonyl (C=O) groups excluding carboxylic acids is 1. The predicted octanol–water partition coefficient (Wildman–Crippen LogP) is 1.42. The number of hydrogen-bond acceptors (Lipinski definition) is 3. The number of phenolic OH excluding ortho intramolecular Hbond substituents is 1. The van der Waals surface area contributed by atoms with Gasteiger partial charge in [0.1, 0.15) is 5.75 Å². The van der Waals surface area contributed by atoms with Gasteiger partial charge in [0.2, 0.25) is 0 Å². The first kappa shape index (κ1) is 11.0. The van der Waals surface area contributed by atoms with Crippen molar-refractivity contribution in [2.75, 3.05) is 6.54 Å². The lowest BCUT2D eigenvalue weighted by Crippen LogP contribution is -2.17. The Morgan fingerprint density at radius 3 is 2.79 bits per heavy atom. The lowest BCUT2D eigenvalue weighted by atomic mass is 10.0. The molecule has 0 saturated carbocycles. The molecule has 0 bridgehead atoms. The first-order chi connectivity index (χ1) is 6.27. The third-order valence-electron chi connectivity index (χ3n) is 2.25. The van der Waals surface area contributed by atoms with Gasteiger partial charge in [0.15, 0.2) is 5.78 Å². The molecule has 3 nitrogen and oxygen atoms in total. The summed E-state index contributed by atoms with van der Waals surface area (Å²) < 4.78 is 0. The molecule has 2 N–H and O–H groups in total. The highest BCUT2D eigenvalue weighted by molar-refractivity contribution is 5.87. The van der Waals surface area contributed by atoms with Gasteiger partial charge in [0.25, 0.3) is 0 Å². The first-order valence-electron chi connectivity index (χ1n) is 4.32. The van der Waals surface area contributed by atoms with E-state index in [2.05, 4.69) is 5.32 Å². The van der Waals surface area contributed by atoms with Gasteiger partial charge in [0.05, 0.1) is 6.04 Å². The molecule has 0 aliphatic carbocycles. The molecule has 1 saturated heterocycles. The molecule has 1 atom stereocenters. The van der Waals surface area contributed by atoms with Crippen molar-refractivity contribution in [3.05, 3.63) is 29.8 Å². The Hall–Kier alpha value is -1.06. The van der Waals surface area contributed by atoms with Gasteiger partial charge in [-0.05, 0) is 17.7 Å². The fourth-order valence-electron chi connectivity index (χ4n) is 1.61. The van der Waals surface area contributed by atoms with Gasteiger partial charge < -0.3 is 10.4 Å². The Bertz CT molecular complexity index is 341. The number of benzene rings is 1. The van der Waals surface area contributed by atoms with E-state index in [1.165, 1.54) is 0 Å². The normalized spacial score (nSPS) is 20.6. The Kier molecular flexibility index (Phi) is 3.49. The average molecular weight is 214 g/mol. The van der Waals surface area contributed by atoms with Crippen LogP contribution in [0.25, 0.3) is 0 Å². The van der Waals surface area contributed by atoms with E-state index in [0.29, 0.717) is 6.42 Å². The highest BCUT2D eigenvalue weighted by Gasteiger charge is 2.25. The fraction of sp³-hybridized carbons (Fsp3) is 0.300. The molecule has 1 aromatic rings. The molecule has 0 aromatic heterocycles. The quantitative estimate of drug-likeness (QED) is 0.742. The SMILES string of the molecule is Cl.O=C1CCNC1c1cccc(O)c1. The number of nitrogens with one attached hydrogen (secondary N) is 1. The van der Waals surface area contributed by atoms with E-state index in [-0.39, 0.29) is 30.0 Å². The predicted molar refractivity (Wildman–Crippen MR) is 55.7 cm³/mol. The maximum Gasteiger partial charge on any atom is 0.155 e. The molecule has 4 heteroatoms. The zero-order valence-electron chi connectivity index (χ0n) is 7.56. The number of hydrogen-bond donors (Lipinski definition) is 2. The third kappa shape index (κ3) is 2.05. The molecule has 76 valence electrons. The Labute approximate surface area is 88.5 Å². The maximum atomic E-state index is 11.3. The zero-order chi connectivity index (χ0) is 9.26. The van der Waals surface area contributed by atoms with Gasteiger partial charge >= 0.3 is 0 Å². The van der Waals surface area contributed by atoms with Crippen molar-refractivity contribution in [1.82, 2.24) is 5.32 Å². The van der Waals surface area contributed by atoms with E-state index >= 15 is 0 Å². The van der Waals surface area contributed by atoms with Gasteiger partial charge in [-0.3, -0.25) is 4.79 Å². The molecule has 1 aliphatic heterocycles. The van der Waals surface area contributed by atoms with Crippen LogP contribution >= 0.6 is 12.4 Å². The van der Waals surface area contributed by atoms with Crippen LogP contribution in [0.15, 0.2) is 24.3 Å². The van der Waals surface area contributed by atoms with E-state index < -0.39 is 0 Å². The number of halogens is 1. The summed E-state index contributed by atoms with van der Waals surface area (Å²) in [4.78, 5) is 11.3. The second-order valence-corrected chi connectivity index (χ2v) is 3.20. The van der Waals surface area contributed by atoms with Gasteiger partial charge in [0, 0.05) is 13.0 Å². The lowest BCUT2D eigenvalue weighted by Gasteiger charge is -2.08. The maximum absolute atomic E-state index is 11.3. The monoisotopic (exact) mass is 213 g/mol. The van der Waals surface area contributed by atoms with Crippen LogP contribution in [0.2, 0.25) is 0 Å². The third-order valence-corrected chi connectivity index (χ3v) is 2.25. The van der Waals surface area contributed by atoms with Crippen LogP contribution in [-0.2, 0) is 4.79 Å². The van der Waals surface area contributed by atoms with E-state index in [4.69, 9.17) is 0 Å². The minimum Gasteiger partial charge on any atom is -0.508 e. The smallest absolute Gasteiger partial charge is 0.155 e. The molecular weight excluding hydrogens is 202 g/mol. The van der Waals surface area contributed by atoms with Crippen molar-refractivity contribution < 1.29 is 9.90 Å². The molecule has 1 fully saturated rings. The second kappa shape index (κ2) is 4.44. The van der Waals surface area contributed by atoms with Gasteiger partial charge in [-0.2, -0.15) is 0 Å². The summed E-state index contributed by atoms with van der Waals surface area (Å²) in [7, 11) is 0. The van der Waals surface area contributed by atoms with Gasteiger partial charge in [-0.15, -0.1) is 12.4 Å². The minimum absolute atomic E-state index is 0. The van der Waals surface area contributed by atoms with Crippen LogP contribution in [0, 0.1) is 0 Å². The van der Waals surface area contributed by atoms with Gasteiger partial charge in [-0.25, -0.2) is 0 Å². The van der Waals surface area contributed by atoms with Crippen LogP contribution in [-0.4, -0.2) is 17.4 Å². The molecule has 1 unspecified atom stereocenters. The van der Waals surface area contributed by atoms with Crippen LogP contribution in [0.1, 0.15) is 18.0 Å². The number of rotatable bonds is 1. The minimum atomic E-state index is -0.216. The standard InChI is InChI=1S/C10H11NO2.ClH/c12-8-3-1-2-7(6-8)10-9(13)4-5-11-10;/h1-3,6,10-12H,4-5H2;1H. The van der Waals surface area contributed by atoms with Crippen molar-refractivity contribution in [2.45, 2.75) is 12.5 Å².